The number of hydrogen-bond acceptors (Lipinski definition) is 2. The van der Waals surface area contributed by atoms with E-state index in [0.717, 1.165) is 5.56 Å². The van der Waals surface area contributed by atoms with Crippen molar-refractivity contribution in [3.05, 3.63) is 42.0 Å². The van der Waals surface area contributed by atoms with E-state index >= 15 is 0 Å². The van der Waals surface area contributed by atoms with Gasteiger partial charge in [0.2, 0.25) is 5.96 Å². The van der Waals surface area contributed by atoms with Gasteiger partial charge in [-0.15, -0.1) is 17.5 Å². The summed E-state index contributed by atoms with van der Waals surface area (Å²) in [5.41, 5.74) is 11.3. The number of rotatable bonds is 3. The van der Waals surface area contributed by atoms with Crippen molar-refractivity contribution in [3.63, 3.8) is 0 Å². The highest BCUT2D eigenvalue weighted by atomic mass is 35.5. The second-order valence-electron chi connectivity index (χ2n) is 2.56. The second-order valence-corrected chi connectivity index (χ2v) is 2.56. The summed E-state index contributed by atoms with van der Waals surface area (Å²) in [4.78, 5) is 0. The third-order valence-corrected chi connectivity index (χ3v) is 1.41. The van der Waals surface area contributed by atoms with E-state index in [0.29, 0.717) is 0 Å². The van der Waals surface area contributed by atoms with Crippen molar-refractivity contribution in [2.45, 2.75) is 0 Å². The summed E-state index contributed by atoms with van der Waals surface area (Å²) in [6.45, 7) is 0. The molecule has 80 valence electrons. The number of hydrogen-bond donors (Lipinski definition) is 2. The van der Waals surface area contributed by atoms with Crippen molar-refractivity contribution in [2.24, 2.45) is 21.7 Å². The largest absolute Gasteiger partial charge is 0.369 e. The summed E-state index contributed by atoms with van der Waals surface area (Å²) in [7, 11) is 0. The van der Waals surface area contributed by atoms with Gasteiger partial charge in [0, 0.05) is 6.21 Å². The predicted molar refractivity (Wildman–Crippen MR) is 67.0 cm³/mol. The maximum atomic E-state index is 5.08. The summed E-state index contributed by atoms with van der Waals surface area (Å²) in [6, 6.07) is 9.88. The molecule has 0 aliphatic heterocycles. The van der Waals surface area contributed by atoms with Crippen molar-refractivity contribution < 1.29 is 0 Å². The van der Waals surface area contributed by atoms with Crippen LogP contribution in [0.1, 0.15) is 5.56 Å². The van der Waals surface area contributed by atoms with E-state index in [4.69, 9.17) is 11.5 Å². The van der Waals surface area contributed by atoms with E-state index in [-0.39, 0.29) is 18.4 Å². The quantitative estimate of drug-likeness (QED) is 0.462. The van der Waals surface area contributed by atoms with Crippen LogP contribution in [0.15, 0.2) is 46.6 Å². The smallest absolute Gasteiger partial charge is 0.211 e. The molecule has 0 saturated carbocycles. The Morgan fingerprint density at radius 1 is 1.13 bits per heavy atom. The fourth-order valence-corrected chi connectivity index (χ4v) is 0.857. The Kier molecular flexibility index (Phi) is 6.67. The Morgan fingerprint density at radius 2 is 1.80 bits per heavy atom. The molecular formula is C10H13ClN4. The number of halogens is 1. The topological polar surface area (TPSA) is 76.8 Å². The molecule has 0 bridgehead atoms. The molecule has 0 saturated heterocycles. The Balaban J connectivity index is 0.00000196. The van der Waals surface area contributed by atoms with Crippen LogP contribution in [0.5, 0.6) is 0 Å². The molecule has 0 atom stereocenters. The van der Waals surface area contributed by atoms with Gasteiger partial charge in [-0.25, -0.2) is 0 Å². The Labute approximate surface area is 94.8 Å². The average molecular weight is 225 g/mol. The molecule has 0 aliphatic carbocycles. The first kappa shape index (κ1) is 13.2. The molecule has 0 fully saturated rings. The maximum absolute atomic E-state index is 5.08. The Morgan fingerprint density at radius 3 is 2.40 bits per heavy atom. The van der Waals surface area contributed by atoms with Crippen LogP contribution in [0, 0.1) is 0 Å². The molecule has 1 rings (SSSR count). The van der Waals surface area contributed by atoms with Crippen molar-refractivity contribution in [1.82, 2.24) is 0 Å². The molecule has 5 heteroatoms. The van der Waals surface area contributed by atoms with E-state index in [9.17, 15) is 0 Å². The summed E-state index contributed by atoms with van der Waals surface area (Å²) in [5, 5.41) is 7.06. The molecule has 0 unspecified atom stereocenters. The van der Waals surface area contributed by atoms with Gasteiger partial charge in [0.25, 0.3) is 0 Å². The summed E-state index contributed by atoms with van der Waals surface area (Å²) < 4.78 is 0. The lowest BCUT2D eigenvalue weighted by molar-refractivity contribution is 1.22. The van der Waals surface area contributed by atoms with Gasteiger partial charge in [0.15, 0.2) is 0 Å². The minimum Gasteiger partial charge on any atom is -0.369 e. The fraction of sp³-hybridized carbons (Fsp3) is 0. The number of benzene rings is 1. The van der Waals surface area contributed by atoms with Gasteiger partial charge in [0.1, 0.15) is 0 Å². The summed E-state index contributed by atoms with van der Waals surface area (Å²) >= 11 is 0. The van der Waals surface area contributed by atoms with Gasteiger partial charge in [0.05, 0.1) is 0 Å². The minimum absolute atomic E-state index is 0. The van der Waals surface area contributed by atoms with Crippen LogP contribution >= 0.6 is 12.4 Å². The monoisotopic (exact) mass is 224 g/mol. The van der Waals surface area contributed by atoms with E-state index in [1.807, 2.05) is 36.4 Å². The molecule has 1 aromatic rings. The van der Waals surface area contributed by atoms with Gasteiger partial charge in [-0.1, -0.05) is 36.4 Å². The van der Waals surface area contributed by atoms with E-state index in [1.54, 1.807) is 6.08 Å². The maximum Gasteiger partial charge on any atom is 0.211 e. The van der Waals surface area contributed by atoms with Crippen LogP contribution < -0.4 is 11.5 Å². The summed E-state index contributed by atoms with van der Waals surface area (Å²) in [5.74, 6) is -0.0469. The van der Waals surface area contributed by atoms with Crippen molar-refractivity contribution in [1.29, 1.82) is 0 Å². The Hall–Kier alpha value is -1.81. The fourth-order valence-electron chi connectivity index (χ4n) is 0.857. The predicted octanol–water partition coefficient (Wildman–Crippen LogP) is 1.38. The van der Waals surface area contributed by atoms with Gasteiger partial charge < -0.3 is 11.5 Å². The number of allylic oxidation sites excluding steroid dienone is 1. The highest BCUT2D eigenvalue weighted by Crippen LogP contribution is 1.99. The first-order chi connectivity index (χ1) is 6.79. The molecule has 0 spiro atoms. The lowest BCUT2D eigenvalue weighted by Gasteiger charge is -1.87. The molecule has 0 radical (unpaired) electrons. The number of nitrogens with two attached hydrogens (primary N) is 2. The molecule has 4 nitrogen and oxygen atoms in total. The first-order valence-electron chi connectivity index (χ1n) is 4.13. The zero-order valence-electron chi connectivity index (χ0n) is 8.08. The molecule has 0 aliphatic rings. The second kappa shape index (κ2) is 7.58. The highest BCUT2D eigenvalue weighted by molar-refractivity contribution is 5.85. The highest BCUT2D eigenvalue weighted by Gasteiger charge is 1.79. The lowest BCUT2D eigenvalue weighted by atomic mass is 10.2. The van der Waals surface area contributed by atoms with Crippen molar-refractivity contribution in [2.75, 3.05) is 0 Å². The van der Waals surface area contributed by atoms with Crippen molar-refractivity contribution in [3.8, 4) is 0 Å². The van der Waals surface area contributed by atoms with Crippen LogP contribution in [0.2, 0.25) is 0 Å². The minimum atomic E-state index is -0.0469. The number of nitrogens with zero attached hydrogens (tertiary/aromatic N) is 2. The zero-order chi connectivity index (χ0) is 10.2. The van der Waals surface area contributed by atoms with Crippen LogP contribution in [0.25, 0.3) is 6.08 Å². The van der Waals surface area contributed by atoms with E-state index in [2.05, 4.69) is 10.2 Å². The number of guanidine groups is 1. The third kappa shape index (κ3) is 6.29. The Bertz CT molecular complexity index is 353. The molecule has 15 heavy (non-hydrogen) atoms. The normalized spacial score (nSPS) is 10.1. The standard InChI is InChI=1S/C10H12N4.ClH/c11-10(12)14-13-8-4-7-9-5-2-1-3-6-9;/h1-8H,(H4,11,12,14);1H/b7-4+,13-8+;. The van der Waals surface area contributed by atoms with Gasteiger partial charge in [-0.3, -0.25) is 0 Å². The molecule has 1 aromatic carbocycles. The third-order valence-electron chi connectivity index (χ3n) is 1.41. The van der Waals surface area contributed by atoms with Crippen LogP contribution in [0.4, 0.5) is 0 Å². The van der Waals surface area contributed by atoms with E-state index < -0.39 is 0 Å². The molecule has 0 amide bonds. The molecule has 4 N–H and O–H groups in total. The zero-order valence-corrected chi connectivity index (χ0v) is 8.89. The van der Waals surface area contributed by atoms with Crippen LogP contribution in [-0.2, 0) is 0 Å². The molecule has 0 aromatic heterocycles. The summed E-state index contributed by atoms with van der Waals surface area (Å²) in [6.07, 6.45) is 5.19. The first-order valence-corrected chi connectivity index (χ1v) is 4.13. The SMILES string of the molecule is Cl.NC(N)=N/N=C/C=C/c1ccccc1. The van der Waals surface area contributed by atoms with Gasteiger partial charge in [-0.2, -0.15) is 5.10 Å². The van der Waals surface area contributed by atoms with Gasteiger partial charge in [-0.05, 0) is 11.6 Å². The van der Waals surface area contributed by atoms with Gasteiger partial charge >= 0.3 is 0 Å². The van der Waals surface area contributed by atoms with E-state index in [1.165, 1.54) is 6.21 Å². The van der Waals surface area contributed by atoms with Crippen LogP contribution in [-0.4, -0.2) is 12.2 Å². The van der Waals surface area contributed by atoms with Crippen LogP contribution in [0.3, 0.4) is 0 Å². The lowest BCUT2D eigenvalue weighted by Crippen LogP contribution is -2.21. The molecule has 0 heterocycles. The van der Waals surface area contributed by atoms with Crippen molar-refractivity contribution >= 4 is 30.7 Å². The molecular weight excluding hydrogens is 212 g/mol. The average Bonchev–Trinajstić information content (AvgIpc) is 2.18.